The van der Waals surface area contributed by atoms with E-state index in [0.717, 1.165) is 29.0 Å². The van der Waals surface area contributed by atoms with Crippen molar-refractivity contribution >= 4 is 16.6 Å². The van der Waals surface area contributed by atoms with Gasteiger partial charge in [-0.15, -0.1) is 0 Å². The number of fused-ring (bicyclic) bond motifs is 1. The number of aromatic amines is 1. The second kappa shape index (κ2) is 4.85. The van der Waals surface area contributed by atoms with Crippen LogP contribution in [0.3, 0.4) is 0 Å². The Kier molecular flexibility index (Phi) is 2.85. The fourth-order valence-corrected chi connectivity index (χ4v) is 3.00. The van der Waals surface area contributed by atoms with E-state index in [4.69, 9.17) is 4.98 Å². The first-order valence-electron chi connectivity index (χ1n) is 7.42. The second-order valence-electron chi connectivity index (χ2n) is 5.63. The molecule has 1 aliphatic carbocycles. The van der Waals surface area contributed by atoms with Crippen LogP contribution in [0.25, 0.3) is 28.1 Å². The van der Waals surface area contributed by atoms with Crippen molar-refractivity contribution in [3.63, 3.8) is 0 Å². The number of nitrogens with zero attached hydrogens (tertiary/aromatic N) is 2. The number of allylic oxidation sites excluding steroid dienone is 2. The number of rotatable bonds is 2. The van der Waals surface area contributed by atoms with E-state index in [1.165, 1.54) is 29.5 Å². The van der Waals surface area contributed by atoms with Gasteiger partial charge in [0.2, 0.25) is 0 Å². The van der Waals surface area contributed by atoms with Crippen molar-refractivity contribution in [3.8, 4) is 11.5 Å². The number of benzene rings is 1. The first-order chi connectivity index (χ1) is 10.3. The second-order valence-corrected chi connectivity index (χ2v) is 5.63. The predicted octanol–water partition coefficient (Wildman–Crippen LogP) is 4.50. The minimum atomic E-state index is 0.860. The summed E-state index contributed by atoms with van der Waals surface area (Å²) in [5.74, 6) is 0.860. The number of pyridine rings is 1. The van der Waals surface area contributed by atoms with Gasteiger partial charge in [-0.2, -0.15) is 0 Å². The largest absolute Gasteiger partial charge is 0.337 e. The quantitative estimate of drug-likeness (QED) is 0.748. The molecule has 3 heteroatoms. The van der Waals surface area contributed by atoms with Crippen molar-refractivity contribution in [1.82, 2.24) is 15.0 Å². The van der Waals surface area contributed by atoms with E-state index in [1.807, 2.05) is 12.3 Å². The molecule has 0 atom stereocenters. The van der Waals surface area contributed by atoms with Crippen LogP contribution in [0.5, 0.6) is 0 Å². The van der Waals surface area contributed by atoms with Gasteiger partial charge in [-0.1, -0.05) is 18.2 Å². The molecule has 1 aromatic carbocycles. The highest BCUT2D eigenvalue weighted by molar-refractivity contribution is 5.83. The zero-order valence-electron chi connectivity index (χ0n) is 12.1. The summed E-state index contributed by atoms with van der Waals surface area (Å²) in [5.41, 5.74) is 6.87. The molecule has 4 rings (SSSR count). The molecule has 3 nitrogen and oxygen atoms in total. The highest BCUT2D eigenvalue weighted by Gasteiger charge is 2.16. The summed E-state index contributed by atoms with van der Waals surface area (Å²) >= 11 is 0. The lowest BCUT2D eigenvalue weighted by molar-refractivity contribution is 0.935. The van der Waals surface area contributed by atoms with Gasteiger partial charge < -0.3 is 4.98 Å². The number of aromatic nitrogens is 3. The number of hydrogen-bond acceptors (Lipinski definition) is 2. The molecule has 0 saturated carbocycles. The van der Waals surface area contributed by atoms with Gasteiger partial charge in [-0.05, 0) is 55.5 Å². The molecule has 0 fully saturated rings. The van der Waals surface area contributed by atoms with Gasteiger partial charge in [0.1, 0.15) is 5.69 Å². The Labute approximate surface area is 123 Å². The topological polar surface area (TPSA) is 41.6 Å². The van der Waals surface area contributed by atoms with Crippen molar-refractivity contribution in [1.29, 1.82) is 0 Å². The third kappa shape index (κ3) is 2.15. The van der Waals surface area contributed by atoms with E-state index in [2.05, 4.69) is 47.2 Å². The molecule has 2 heterocycles. The summed E-state index contributed by atoms with van der Waals surface area (Å²) in [5, 5.41) is 0. The molecule has 0 saturated heterocycles. The maximum atomic E-state index is 4.71. The number of hydrogen-bond donors (Lipinski definition) is 1. The van der Waals surface area contributed by atoms with Gasteiger partial charge in [0.05, 0.1) is 11.0 Å². The van der Waals surface area contributed by atoms with Crippen molar-refractivity contribution in [2.24, 2.45) is 0 Å². The third-order valence-electron chi connectivity index (χ3n) is 4.06. The fraction of sp³-hybridized carbons (Fsp3) is 0.222. The van der Waals surface area contributed by atoms with Gasteiger partial charge in [-0.3, -0.25) is 4.98 Å². The van der Waals surface area contributed by atoms with Crippen LogP contribution < -0.4 is 0 Å². The van der Waals surface area contributed by atoms with Crippen LogP contribution in [0, 0.1) is 6.92 Å². The fourth-order valence-electron chi connectivity index (χ4n) is 3.00. The summed E-state index contributed by atoms with van der Waals surface area (Å²) in [6.45, 7) is 2.09. The standard InChI is InChI=1S/C18H17N3/c1-12-8-9-15-16(11-12)21-18(20-15)17-14(7-4-10-19-17)13-5-2-3-6-13/h4-5,7-11H,2-3,6H2,1H3,(H,20,21). The molecule has 0 unspecified atom stereocenters. The Morgan fingerprint density at radius 1 is 1.19 bits per heavy atom. The highest BCUT2D eigenvalue weighted by Crippen LogP contribution is 2.33. The number of nitrogens with one attached hydrogen (secondary N) is 1. The van der Waals surface area contributed by atoms with Crippen LogP contribution in [0.15, 0.2) is 42.6 Å². The average Bonchev–Trinajstić information content (AvgIpc) is 3.16. The summed E-state index contributed by atoms with van der Waals surface area (Å²) in [7, 11) is 0. The Morgan fingerprint density at radius 3 is 3.00 bits per heavy atom. The maximum Gasteiger partial charge on any atom is 0.157 e. The summed E-state index contributed by atoms with van der Waals surface area (Å²) in [4.78, 5) is 12.7. The molecule has 0 radical (unpaired) electrons. The lowest BCUT2D eigenvalue weighted by Gasteiger charge is -2.06. The zero-order chi connectivity index (χ0) is 14.2. The van der Waals surface area contributed by atoms with E-state index < -0.39 is 0 Å². The van der Waals surface area contributed by atoms with Crippen LogP contribution in [0.1, 0.15) is 30.4 Å². The molecule has 21 heavy (non-hydrogen) atoms. The first-order valence-corrected chi connectivity index (χ1v) is 7.42. The minimum absolute atomic E-state index is 0.860. The molecule has 3 aromatic rings. The summed E-state index contributed by atoms with van der Waals surface area (Å²) < 4.78 is 0. The molecular weight excluding hydrogens is 258 g/mol. The van der Waals surface area contributed by atoms with Gasteiger partial charge in [0, 0.05) is 11.8 Å². The van der Waals surface area contributed by atoms with Crippen molar-refractivity contribution in [3.05, 3.63) is 53.7 Å². The molecular formula is C18H17N3. The van der Waals surface area contributed by atoms with Crippen LogP contribution in [0.2, 0.25) is 0 Å². The molecule has 104 valence electrons. The Morgan fingerprint density at radius 2 is 2.14 bits per heavy atom. The van der Waals surface area contributed by atoms with E-state index >= 15 is 0 Å². The monoisotopic (exact) mass is 275 g/mol. The van der Waals surface area contributed by atoms with Gasteiger partial charge >= 0.3 is 0 Å². The first kappa shape index (κ1) is 12.3. The van der Waals surface area contributed by atoms with Crippen molar-refractivity contribution < 1.29 is 0 Å². The molecule has 0 aliphatic heterocycles. The van der Waals surface area contributed by atoms with Gasteiger partial charge in [-0.25, -0.2) is 4.98 Å². The van der Waals surface area contributed by atoms with E-state index in [9.17, 15) is 0 Å². The summed E-state index contributed by atoms with van der Waals surface area (Å²) in [6.07, 6.45) is 7.71. The molecule has 2 aromatic heterocycles. The number of aryl methyl sites for hydroxylation is 1. The van der Waals surface area contributed by atoms with Gasteiger partial charge in [0.25, 0.3) is 0 Å². The Hall–Kier alpha value is -2.42. The molecule has 0 bridgehead atoms. The van der Waals surface area contributed by atoms with E-state index in [1.54, 1.807) is 0 Å². The molecule has 1 N–H and O–H groups in total. The SMILES string of the molecule is Cc1ccc2nc(-c3ncccc3C3=CCCC3)[nH]c2c1. The van der Waals surface area contributed by atoms with Crippen molar-refractivity contribution in [2.75, 3.05) is 0 Å². The molecule has 0 amide bonds. The average molecular weight is 275 g/mol. The zero-order valence-corrected chi connectivity index (χ0v) is 12.1. The Bertz CT molecular complexity index is 843. The molecule has 1 aliphatic rings. The predicted molar refractivity (Wildman–Crippen MR) is 85.9 cm³/mol. The lowest BCUT2D eigenvalue weighted by Crippen LogP contribution is -1.92. The van der Waals surface area contributed by atoms with Crippen molar-refractivity contribution in [2.45, 2.75) is 26.2 Å². The summed E-state index contributed by atoms with van der Waals surface area (Å²) in [6, 6.07) is 10.4. The highest BCUT2D eigenvalue weighted by atomic mass is 14.9. The van der Waals surface area contributed by atoms with E-state index in [-0.39, 0.29) is 0 Å². The van der Waals surface area contributed by atoms with Crippen LogP contribution in [-0.2, 0) is 0 Å². The normalized spacial score (nSPS) is 14.6. The Balaban J connectivity index is 1.88. The van der Waals surface area contributed by atoms with Gasteiger partial charge in [0.15, 0.2) is 5.82 Å². The minimum Gasteiger partial charge on any atom is -0.337 e. The lowest BCUT2D eigenvalue weighted by atomic mass is 10.0. The van der Waals surface area contributed by atoms with E-state index in [0.29, 0.717) is 0 Å². The van der Waals surface area contributed by atoms with Crippen LogP contribution in [-0.4, -0.2) is 15.0 Å². The smallest absolute Gasteiger partial charge is 0.157 e. The number of H-pyrrole nitrogens is 1. The maximum absolute atomic E-state index is 4.71. The van der Waals surface area contributed by atoms with Crippen LogP contribution in [0.4, 0.5) is 0 Å². The molecule has 0 spiro atoms. The third-order valence-corrected chi connectivity index (χ3v) is 4.06. The van der Waals surface area contributed by atoms with Crippen LogP contribution >= 0.6 is 0 Å². The number of imidazole rings is 1.